The van der Waals surface area contributed by atoms with Crippen LogP contribution in [0.15, 0.2) is 54.6 Å². The standard InChI is InChI=1S/C16H19NO2/c1-12(17)16(13-7-4-3-5-8-13)19-15-10-6-9-14(11-15)18-2/h3-12,16H,17H2,1-2H3. The Bertz CT molecular complexity index is 511. The Morgan fingerprint density at radius 2 is 1.63 bits per heavy atom. The van der Waals surface area contributed by atoms with Crippen LogP contribution in [-0.4, -0.2) is 13.2 Å². The third-order valence-corrected chi connectivity index (χ3v) is 2.91. The Morgan fingerprint density at radius 3 is 2.26 bits per heavy atom. The van der Waals surface area contributed by atoms with Crippen LogP contribution < -0.4 is 15.2 Å². The van der Waals surface area contributed by atoms with E-state index in [9.17, 15) is 0 Å². The van der Waals surface area contributed by atoms with Crippen LogP contribution in [-0.2, 0) is 0 Å². The van der Waals surface area contributed by atoms with Crippen molar-refractivity contribution in [2.75, 3.05) is 7.11 Å². The Morgan fingerprint density at radius 1 is 0.947 bits per heavy atom. The summed E-state index contributed by atoms with van der Waals surface area (Å²) < 4.78 is 11.2. The molecule has 2 unspecified atom stereocenters. The average molecular weight is 257 g/mol. The van der Waals surface area contributed by atoms with E-state index in [2.05, 4.69) is 0 Å². The highest BCUT2D eigenvalue weighted by atomic mass is 16.5. The second-order valence-corrected chi connectivity index (χ2v) is 4.49. The molecule has 100 valence electrons. The van der Waals surface area contributed by atoms with E-state index in [1.165, 1.54) is 0 Å². The first kappa shape index (κ1) is 13.4. The smallest absolute Gasteiger partial charge is 0.138 e. The van der Waals surface area contributed by atoms with Crippen molar-refractivity contribution in [2.45, 2.75) is 19.1 Å². The molecule has 0 spiro atoms. The number of rotatable bonds is 5. The van der Waals surface area contributed by atoms with Gasteiger partial charge in [0.05, 0.1) is 7.11 Å². The van der Waals surface area contributed by atoms with Crippen LogP contribution in [0, 0.1) is 0 Å². The zero-order chi connectivity index (χ0) is 13.7. The summed E-state index contributed by atoms with van der Waals surface area (Å²) in [6.45, 7) is 1.94. The van der Waals surface area contributed by atoms with Gasteiger partial charge < -0.3 is 15.2 Å². The maximum Gasteiger partial charge on any atom is 0.138 e. The van der Waals surface area contributed by atoms with Crippen LogP contribution in [0.1, 0.15) is 18.6 Å². The first-order valence-electron chi connectivity index (χ1n) is 6.32. The molecule has 0 bridgehead atoms. The van der Waals surface area contributed by atoms with Gasteiger partial charge >= 0.3 is 0 Å². The zero-order valence-electron chi connectivity index (χ0n) is 11.2. The summed E-state index contributed by atoms with van der Waals surface area (Å²) in [6, 6.07) is 17.4. The van der Waals surface area contributed by atoms with E-state index in [-0.39, 0.29) is 12.1 Å². The summed E-state index contributed by atoms with van der Waals surface area (Å²) in [5, 5.41) is 0. The van der Waals surface area contributed by atoms with Crippen molar-refractivity contribution in [3.63, 3.8) is 0 Å². The topological polar surface area (TPSA) is 44.5 Å². The fraction of sp³-hybridized carbons (Fsp3) is 0.250. The number of hydrogen-bond donors (Lipinski definition) is 1. The van der Waals surface area contributed by atoms with Gasteiger partial charge in [-0.15, -0.1) is 0 Å². The molecule has 2 aromatic rings. The summed E-state index contributed by atoms with van der Waals surface area (Å²) in [5.74, 6) is 1.53. The maximum absolute atomic E-state index is 6.03. The van der Waals surface area contributed by atoms with Crippen molar-refractivity contribution in [3.8, 4) is 11.5 Å². The predicted octanol–water partition coefficient (Wildman–Crippen LogP) is 3.16. The lowest BCUT2D eigenvalue weighted by atomic mass is 10.0. The van der Waals surface area contributed by atoms with E-state index in [1.807, 2.05) is 61.5 Å². The third kappa shape index (κ3) is 3.48. The normalized spacial score (nSPS) is 13.6. The van der Waals surface area contributed by atoms with Crippen molar-refractivity contribution >= 4 is 0 Å². The first-order valence-corrected chi connectivity index (χ1v) is 6.32. The van der Waals surface area contributed by atoms with E-state index < -0.39 is 0 Å². The van der Waals surface area contributed by atoms with E-state index in [0.717, 1.165) is 17.1 Å². The van der Waals surface area contributed by atoms with Crippen LogP contribution in [0.4, 0.5) is 0 Å². The molecule has 0 amide bonds. The highest BCUT2D eigenvalue weighted by Gasteiger charge is 2.18. The SMILES string of the molecule is COc1cccc(OC(c2ccccc2)C(C)N)c1. The summed E-state index contributed by atoms with van der Waals surface area (Å²) in [4.78, 5) is 0. The third-order valence-electron chi connectivity index (χ3n) is 2.91. The van der Waals surface area contributed by atoms with Crippen LogP contribution in [0.3, 0.4) is 0 Å². The lowest BCUT2D eigenvalue weighted by Gasteiger charge is -2.23. The van der Waals surface area contributed by atoms with Crippen LogP contribution in [0.5, 0.6) is 11.5 Å². The average Bonchev–Trinajstić information content (AvgIpc) is 2.45. The number of ether oxygens (including phenoxy) is 2. The van der Waals surface area contributed by atoms with Gasteiger partial charge in [0.2, 0.25) is 0 Å². The van der Waals surface area contributed by atoms with Crippen molar-refractivity contribution in [2.24, 2.45) is 5.73 Å². The lowest BCUT2D eigenvalue weighted by molar-refractivity contribution is 0.180. The monoisotopic (exact) mass is 257 g/mol. The molecule has 2 atom stereocenters. The molecule has 3 nitrogen and oxygen atoms in total. The molecular formula is C16H19NO2. The molecule has 0 saturated carbocycles. The highest BCUT2D eigenvalue weighted by molar-refractivity contribution is 5.33. The van der Waals surface area contributed by atoms with E-state index in [1.54, 1.807) is 7.11 Å². The summed E-state index contributed by atoms with van der Waals surface area (Å²) in [6.07, 6.45) is -0.173. The minimum atomic E-state index is -0.173. The molecular weight excluding hydrogens is 238 g/mol. The molecule has 2 rings (SSSR count). The Kier molecular flexibility index (Phi) is 4.42. The molecule has 0 aliphatic carbocycles. The molecule has 0 aromatic heterocycles. The number of methoxy groups -OCH3 is 1. The highest BCUT2D eigenvalue weighted by Crippen LogP contribution is 2.26. The van der Waals surface area contributed by atoms with Crippen molar-refractivity contribution in [1.82, 2.24) is 0 Å². The van der Waals surface area contributed by atoms with Crippen molar-refractivity contribution < 1.29 is 9.47 Å². The quantitative estimate of drug-likeness (QED) is 0.894. The van der Waals surface area contributed by atoms with E-state index in [4.69, 9.17) is 15.2 Å². The molecule has 0 aliphatic heterocycles. The van der Waals surface area contributed by atoms with E-state index in [0.29, 0.717) is 0 Å². The Balaban J connectivity index is 2.21. The molecule has 2 aromatic carbocycles. The molecule has 0 fully saturated rings. The van der Waals surface area contributed by atoms with E-state index >= 15 is 0 Å². The van der Waals surface area contributed by atoms with Gasteiger partial charge in [0.25, 0.3) is 0 Å². The summed E-state index contributed by atoms with van der Waals surface area (Å²) in [7, 11) is 1.64. The van der Waals surface area contributed by atoms with Crippen LogP contribution >= 0.6 is 0 Å². The molecule has 0 heterocycles. The molecule has 2 N–H and O–H groups in total. The Hall–Kier alpha value is -2.00. The first-order chi connectivity index (χ1) is 9.20. The predicted molar refractivity (Wildman–Crippen MR) is 76.5 cm³/mol. The number of hydrogen-bond acceptors (Lipinski definition) is 3. The minimum Gasteiger partial charge on any atom is -0.497 e. The number of benzene rings is 2. The zero-order valence-corrected chi connectivity index (χ0v) is 11.2. The van der Waals surface area contributed by atoms with Gasteiger partial charge in [-0.25, -0.2) is 0 Å². The second kappa shape index (κ2) is 6.25. The summed E-state index contributed by atoms with van der Waals surface area (Å²) >= 11 is 0. The van der Waals surface area contributed by atoms with Gasteiger partial charge in [-0.3, -0.25) is 0 Å². The lowest BCUT2D eigenvalue weighted by Crippen LogP contribution is -2.29. The fourth-order valence-electron chi connectivity index (χ4n) is 1.94. The number of nitrogens with two attached hydrogens (primary N) is 1. The van der Waals surface area contributed by atoms with Gasteiger partial charge in [0, 0.05) is 12.1 Å². The Labute approximate surface area is 114 Å². The van der Waals surface area contributed by atoms with Crippen molar-refractivity contribution in [3.05, 3.63) is 60.2 Å². The van der Waals surface area contributed by atoms with Crippen LogP contribution in [0.25, 0.3) is 0 Å². The summed E-state index contributed by atoms with van der Waals surface area (Å²) in [5.41, 5.74) is 7.10. The molecule has 0 radical (unpaired) electrons. The molecule has 19 heavy (non-hydrogen) atoms. The van der Waals surface area contributed by atoms with Gasteiger partial charge in [-0.05, 0) is 24.6 Å². The van der Waals surface area contributed by atoms with Crippen molar-refractivity contribution in [1.29, 1.82) is 0 Å². The molecule has 3 heteroatoms. The van der Waals surface area contributed by atoms with Gasteiger partial charge in [-0.2, -0.15) is 0 Å². The van der Waals surface area contributed by atoms with Gasteiger partial charge in [-0.1, -0.05) is 36.4 Å². The second-order valence-electron chi connectivity index (χ2n) is 4.49. The largest absolute Gasteiger partial charge is 0.497 e. The maximum atomic E-state index is 6.03. The molecule has 0 aliphatic rings. The van der Waals surface area contributed by atoms with Gasteiger partial charge in [0.15, 0.2) is 0 Å². The molecule has 0 saturated heterocycles. The van der Waals surface area contributed by atoms with Crippen LogP contribution in [0.2, 0.25) is 0 Å². The fourth-order valence-corrected chi connectivity index (χ4v) is 1.94. The minimum absolute atomic E-state index is 0.103. The van der Waals surface area contributed by atoms with Gasteiger partial charge in [0.1, 0.15) is 17.6 Å².